The van der Waals surface area contributed by atoms with Crippen LogP contribution in [0.25, 0.3) is 0 Å². The molecule has 4 nitrogen and oxygen atoms in total. The zero-order valence-electron chi connectivity index (χ0n) is 15.7. The van der Waals surface area contributed by atoms with Crippen molar-refractivity contribution in [1.29, 1.82) is 0 Å². The number of benzene rings is 2. The quantitative estimate of drug-likeness (QED) is 0.667. The average Bonchev–Trinajstić information content (AvgIpc) is 3.24. The molecule has 142 valence electrons. The highest BCUT2D eigenvalue weighted by molar-refractivity contribution is 7.10. The highest BCUT2D eigenvalue weighted by Gasteiger charge is 2.41. The summed E-state index contributed by atoms with van der Waals surface area (Å²) < 4.78 is 0. The largest absolute Gasteiger partial charge is 0.326 e. The van der Waals surface area contributed by atoms with Crippen molar-refractivity contribution in [3.63, 3.8) is 0 Å². The van der Waals surface area contributed by atoms with Gasteiger partial charge in [0.15, 0.2) is 0 Å². The van der Waals surface area contributed by atoms with E-state index in [1.165, 1.54) is 0 Å². The summed E-state index contributed by atoms with van der Waals surface area (Å²) >= 11 is 1.59. The minimum atomic E-state index is -0.308. The molecule has 1 aliphatic rings. The molecule has 3 aromatic rings. The summed E-state index contributed by atoms with van der Waals surface area (Å²) in [4.78, 5) is 28.9. The van der Waals surface area contributed by atoms with Crippen LogP contribution < -0.4 is 10.2 Å². The zero-order valence-corrected chi connectivity index (χ0v) is 16.5. The molecule has 0 saturated carbocycles. The summed E-state index contributed by atoms with van der Waals surface area (Å²) in [5, 5.41) is 5.02. The lowest BCUT2D eigenvalue weighted by Gasteiger charge is -2.40. The Labute approximate surface area is 168 Å². The molecular formula is C23H22N2O2S. The number of hydrogen-bond acceptors (Lipinski definition) is 3. The maximum atomic E-state index is 13.2. The molecule has 2 heterocycles. The van der Waals surface area contributed by atoms with Gasteiger partial charge in [-0.1, -0.05) is 42.0 Å². The van der Waals surface area contributed by atoms with Gasteiger partial charge in [-0.2, -0.15) is 0 Å². The fourth-order valence-electron chi connectivity index (χ4n) is 3.72. The number of amides is 2. The van der Waals surface area contributed by atoms with E-state index in [0.717, 1.165) is 21.8 Å². The number of carbonyl (C=O) groups is 2. The van der Waals surface area contributed by atoms with Gasteiger partial charge in [-0.25, -0.2) is 0 Å². The third-order valence-electron chi connectivity index (χ3n) is 5.12. The van der Waals surface area contributed by atoms with Gasteiger partial charge in [-0.05, 0) is 49.1 Å². The summed E-state index contributed by atoms with van der Waals surface area (Å²) in [6.07, 6.45) is 0.908. The molecule has 0 aliphatic carbocycles. The first-order chi connectivity index (χ1) is 13.6. The molecule has 2 amide bonds. The molecule has 2 aromatic carbocycles. The smallest absolute Gasteiger partial charge is 0.229 e. The fourth-order valence-corrected chi connectivity index (χ4v) is 4.60. The number of aryl methyl sites for hydroxylation is 1. The van der Waals surface area contributed by atoms with Gasteiger partial charge in [0.25, 0.3) is 0 Å². The van der Waals surface area contributed by atoms with Crippen LogP contribution in [0.15, 0.2) is 72.1 Å². The Hall–Kier alpha value is -2.92. The standard InChI is InChI=1S/C23H22N2O2S/c1-16-9-11-18(12-10-16)25-21(26)14-13-19(22(25)20-8-5-15-28-20)23(27)24-17-6-3-2-4-7-17/h2-12,15,19,22H,13-14H2,1H3,(H,24,27). The molecule has 2 unspecified atom stereocenters. The predicted octanol–water partition coefficient (Wildman–Crippen LogP) is 5.18. The van der Waals surface area contributed by atoms with Gasteiger partial charge < -0.3 is 10.2 Å². The molecule has 0 bridgehead atoms. The summed E-state index contributed by atoms with van der Waals surface area (Å²) in [5.41, 5.74) is 2.75. The summed E-state index contributed by atoms with van der Waals surface area (Å²) in [7, 11) is 0. The normalized spacial score (nSPS) is 19.5. The second-order valence-corrected chi connectivity index (χ2v) is 8.04. The van der Waals surface area contributed by atoms with Gasteiger partial charge in [0.05, 0.1) is 12.0 Å². The van der Waals surface area contributed by atoms with Crippen LogP contribution in [0.1, 0.15) is 29.3 Å². The Balaban J connectivity index is 1.70. The minimum Gasteiger partial charge on any atom is -0.326 e. The van der Waals surface area contributed by atoms with E-state index in [0.29, 0.717) is 12.8 Å². The van der Waals surface area contributed by atoms with Crippen LogP contribution in [0, 0.1) is 12.8 Å². The van der Waals surface area contributed by atoms with Crippen LogP contribution in [-0.4, -0.2) is 11.8 Å². The molecule has 0 radical (unpaired) electrons. The van der Waals surface area contributed by atoms with Gasteiger partial charge in [-0.3, -0.25) is 9.59 Å². The van der Waals surface area contributed by atoms with Crippen molar-refractivity contribution in [2.75, 3.05) is 10.2 Å². The molecule has 0 spiro atoms. The van der Waals surface area contributed by atoms with Crippen LogP contribution in [0.5, 0.6) is 0 Å². The van der Waals surface area contributed by atoms with Crippen molar-refractivity contribution in [2.24, 2.45) is 5.92 Å². The first-order valence-corrected chi connectivity index (χ1v) is 10.3. The monoisotopic (exact) mass is 390 g/mol. The molecule has 4 rings (SSSR count). The number of nitrogens with one attached hydrogen (secondary N) is 1. The second-order valence-electron chi connectivity index (χ2n) is 7.06. The van der Waals surface area contributed by atoms with E-state index in [1.807, 2.05) is 83.9 Å². The van der Waals surface area contributed by atoms with E-state index in [1.54, 1.807) is 11.3 Å². The van der Waals surface area contributed by atoms with E-state index in [-0.39, 0.29) is 23.8 Å². The van der Waals surface area contributed by atoms with Crippen molar-refractivity contribution >= 4 is 34.5 Å². The molecule has 28 heavy (non-hydrogen) atoms. The van der Waals surface area contributed by atoms with Crippen molar-refractivity contribution < 1.29 is 9.59 Å². The number of rotatable bonds is 4. The Kier molecular flexibility index (Phi) is 5.26. The van der Waals surface area contributed by atoms with E-state index in [2.05, 4.69) is 5.32 Å². The first-order valence-electron chi connectivity index (χ1n) is 9.41. The lowest BCUT2D eigenvalue weighted by atomic mass is 9.86. The zero-order chi connectivity index (χ0) is 19.5. The van der Waals surface area contributed by atoms with Gasteiger partial charge >= 0.3 is 0 Å². The van der Waals surface area contributed by atoms with Crippen molar-refractivity contribution in [1.82, 2.24) is 0 Å². The van der Waals surface area contributed by atoms with Crippen molar-refractivity contribution in [3.8, 4) is 0 Å². The Morgan fingerprint density at radius 2 is 1.79 bits per heavy atom. The highest BCUT2D eigenvalue weighted by Crippen LogP contribution is 2.42. The summed E-state index contributed by atoms with van der Waals surface area (Å²) in [6, 6.07) is 21.1. The molecule has 1 fully saturated rings. The van der Waals surface area contributed by atoms with Gasteiger partial charge in [0.1, 0.15) is 0 Å². The molecule has 1 N–H and O–H groups in total. The maximum Gasteiger partial charge on any atom is 0.229 e. The second kappa shape index (κ2) is 7.98. The number of thiophene rings is 1. The van der Waals surface area contributed by atoms with E-state index >= 15 is 0 Å². The number of nitrogens with zero attached hydrogens (tertiary/aromatic N) is 1. The third kappa shape index (κ3) is 3.71. The third-order valence-corrected chi connectivity index (χ3v) is 6.07. The Morgan fingerprint density at radius 1 is 1.04 bits per heavy atom. The molecule has 1 aliphatic heterocycles. The topological polar surface area (TPSA) is 49.4 Å². The van der Waals surface area contributed by atoms with Gasteiger partial charge in [0, 0.05) is 22.7 Å². The Morgan fingerprint density at radius 3 is 2.46 bits per heavy atom. The lowest BCUT2D eigenvalue weighted by molar-refractivity contribution is -0.125. The number of hydrogen-bond donors (Lipinski definition) is 1. The lowest BCUT2D eigenvalue weighted by Crippen LogP contribution is -2.46. The Bertz CT molecular complexity index is 952. The van der Waals surface area contributed by atoms with Crippen LogP contribution in [-0.2, 0) is 9.59 Å². The number of piperidine rings is 1. The molecule has 2 atom stereocenters. The van der Waals surface area contributed by atoms with Crippen LogP contribution in [0.4, 0.5) is 11.4 Å². The SMILES string of the molecule is Cc1ccc(N2C(=O)CCC(C(=O)Nc3ccccc3)C2c2cccs2)cc1. The van der Waals surface area contributed by atoms with Gasteiger partial charge in [0.2, 0.25) is 11.8 Å². The maximum absolute atomic E-state index is 13.2. The molecular weight excluding hydrogens is 368 g/mol. The minimum absolute atomic E-state index is 0.0470. The molecule has 1 aromatic heterocycles. The first kappa shape index (κ1) is 18.4. The number of anilines is 2. The van der Waals surface area contributed by atoms with Crippen molar-refractivity contribution in [3.05, 3.63) is 82.6 Å². The van der Waals surface area contributed by atoms with Crippen LogP contribution in [0.2, 0.25) is 0 Å². The summed E-state index contributed by atoms with van der Waals surface area (Å²) in [6.45, 7) is 2.02. The van der Waals surface area contributed by atoms with Crippen molar-refractivity contribution in [2.45, 2.75) is 25.8 Å². The van der Waals surface area contributed by atoms with E-state index < -0.39 is 0 Å². The molecule has 5 heteroatoms. The highest BCUT2D eigenvalue weighted by atomic mass is 32.1. The van der Waals surface area contributed by atoms with E-state index in [4.69, 9.17) is 0 Å². The molecule has 1 saturated heterocycles. The number of para-hydroxylation sites is 1. The fraction of sp³-hybridized carbons (Fsp3) is 0.217. The van der Waals surface area contributed by atoms with Crippen LogP contribution >= 0.6 is 11.3 Å². The summed E-state index contributed by atoms with van der Waals surface area (Å²) in [5.74, 6) is -0.293. The van der Waals surface area contributed by atoms with E-state index in [9.17, 15) is 9.59 Å². The average molecular weight is 391 g/mol. The van der Waals surface area contributed by atoms with Crippen LogP contribution in [0.3, 0.4) is 0 Å². The number of carbonyl (C=O) groups excluding carboxylic acids is 2. The van der Waals surface area contributed by atoms with Gasteiger partial charge in [-0.15, -0.1) is 11.3 Å². The predicted molar refractivity (Wildman–Crippen MR) is 114 cm³/mol.